The van der Waals surface area contributed by atoms with E-state index in [-0.39, 0.29) is 31.0 Å². The van der Waals surface area contributed by atoms with E-state index in [1.54, 1.807) is 44.4 Å². The minimum atomic E-state index is -0.603. The van der Waals surface area contributed by atoms with Gasteiger partial charge >= 0.3 is 0 Å². The minimum Gasteiger partial charge on any atom is -0.497 e. The maximum atomic E-state index is 13.4. The van der Waals surface area contributed by atoms with Crippen molar-refractivity contribution >= 4 is 11.8 Å². The molecule has 0 radical (unpaired) electrons. The topological polar surface area (TPSA) is 86.3 Å². The molecule has 1 aliphatic rings. The molecule has 2 aromatic rings. The first-order valence-corrected chi connectivity index (χ1v) is 12.1. The zero-order valence-electron chi connectivity index (χ0n) is 21.0. The van der Waals surface area contributed by atoms with Crippen molar-refractivity contribution in [3.05, 3.63) is 48.0 Å². The van der Waals surface area contributed by atoms with Crippen LogP contribution in [0.5, 0.6) is 23.0 Å². The summed E-state index contributed by atoms with van der Waals surface area (Å²) in [5.74, 6) is 1.89. The predicted octanol–water partition coefficient (Wildman–Crippen LogP) is 3.96. The number of carbonyl (C=O) groups is 2. The molecule has 1 saturated carbocycles. The van der Waals surface area contributed by atoms with Crippen LogP contribution in [0.25, 0.3) is 0 Å². The van der Waals surface area contributed by atoms with E-state index in [0.29, 0.717) is 23.7 Å². The second kappa shape index (κ2) is 12.9. The number of hydrogen-bond acceptors (Lipinski definition) is 6. The SMILES string of the molecule is CC[C@H](C(=O)NC1CCCC1)N(Cc1ccc(OC)cc1)C(=O)COc1cc(OC)cc(OC)c1. The first-order valence-electron chi connectivity index (χ1n) is 12.1. The second-order valence-electron chi connectivity index (χ2n) is 8.62. The van der Waals surface area contributed by atoms with Gasteiger partial charge in [-0.2, -0.15) is 0 Å². The van der Waals surface area contributed by atoms with Gasteiger partial charge in [0.1, 0.15) is 29.0 Å². The van der Waals surface area contributed by atoms with Gasteiger partial charge < -0.3 is 29.2 Å². The Morgan fingerprint density at radius 2 is 1.49 bits per heavy atom. The number of carbonyl (C=O) groups excluding carboxylic acids is 2. The summed E-state index contributed by atoms with van der Waals surface area (Å²) in [4.78, 5) is 28.2. The van der Waals surface area contributed by atoms with Crippen molar-refractivity contribution in [2.75, 3.05) is 27.9 Å². The van der Waals surface area contributed by atoms with Crippen molar-refractivity contribution < 1.29 is 28.5 Å². The van der Waals surface area contributed by atoms with Crippen molar-refractivity contribution in [1.29, 1.82) is 0 Å². The largest absolute Gasteiger partial charge is 0.497 e. The summed E-state index contributed by atoms with van der Waals surface area (Å²) in [6.45, 7) is 1.98. The minimum absolute atomic E-state index is 0.121. The van der Waals surface area contributed by atoms with Gasteiger partial charge in [0.2, 0.25) is 5.91 Å². The molecule has 2 amide bonds. The van der Waals surface area contributed by atoms with Crippen LogP contribution in [0.2, 0.25) is 0 Å². The maximum Gasteiger partial charge on any atom is 0.261 e. The van der Waals surface area contributed by atoms with Gasteiger partial charge in [-0.05, 0) is 37.0 Å². The fraction of sp³-hybridized carbons (Fsp3) is 0.481. The molecule has 0 heterocycles. The van der Waals surface area contributed by atoms with E-state index in [4.69, 9.17) is 18.9 Å². The number of hydrogen-bond donors (Lipinski definition) is 1. The molecular weight excluding hydrogens is 448 g/mol. The Bertz CT molecular complexity index is 950. The Kier molecular flexibility index (Phi) is 9.64. The quantitative estimate of drug-likeness (QED) is 0.491. The summed E-state index contributed by atoms with van der Waals surface area (Å²) in [6.07, 6.45) is 4.69. The third kappa shape index (κ3) is 7.28. The molecule has 8 heteroatoms. The predicted molar refractivity (Wildman–Crippen MR) is 133 cm³/mol. The van der Waals surface area contributed by atoms with E-state index < -0.39 is 6.04 Å². The molecule has 1 atom stereocenters. The summed E-state index contributed by atoms with van der Waals surface area (Å²) in [7, 11) is 4.71. The zero-order valence-corrected chi connectivity index (χ0v) is 21.0. The van der Waals surface area contributed by atoms with Gasteiger partial charge in [-0.3, -0.25) is 9.59 Å². The molecule has 0 unspecified atom stereocenters. The van der Waals surface area contributed by atoms with Crippen LogP contribution in [0.4, 0.5) is 0 Å². The number of rotatable bonds is 12. The van der Waals surface area contributed by atoms with Gasteiger partial charge in [0.25, 0.3) is 5.91 Å². The molecule has 2 aromatic carbocycles. The summed E-state index contributed by atoms with van der Waals surface area (Å²) >= 11 is 0. The monoisotopic (exact) mass is 484 g/mol. The Labute approximate surface area is 207 Å². The molecule has 1 N–H and O–H groups in total. The fourth-order valence-electron chi connectivity index (χ4n) is 4.31. The maximum absolute atomic E-state index is 13.4. The lowest BCUT2D eigenvalue weighted by molar-refractivity contribution is -0.143. The average Bonchev–Trinajstić information content (AvgIpc) is 3.40. The molecule has 190 valence electrons. The van der Waals surface area contributed by atoms with Gasteiger partial charge in [0, 0.05) is 30.8 Å². The smallest absolute Gasteiger partial charge is 0.261 e. The number of ether oxygens (including phenoxy) is 4. The third-order valence-corrected chi connectivity index (χ3v) is 6.29. The standard InChI is InChI=1S/C27H36N2O6/c1-5-25(27(31)28-20-8-6-7-9-20)29(17-19-10-12-21(32-2)13-11-19)26(30)18-35-24-15-22(33-3)14-23(16-24)34-4/h10-16,20,25H,5-9,17-18H2,1-4H3,(H,28,31)/t25-/m1/s1. The highest BCUT2D eigenvalue weighted by molar-refractivity contribution is 5.88. The van der Waals surface area contributed by atoms with Crippen LogP contribution < -0.4 is 24.3 Å². The molecule has 0 aromatic heterocycles. The van der Waals surface area contributed by atoms with Crippen LogP contribution in [0.3, 0.4) is 0 Å². The zero-order chi connectivity index (χ0) is 25.2. The molecule has 35 heavy (non-hydrogen) atoms. The van der Waals surface area contributed by atoms with E-state index in [2.05, 4.69) is 5.32 Å². The van der Waals surface area contributed by atoms with Crippen LogP contribution in [-0.2, 0) is 16.1 Å². The molecule has 1 aliphatic carbocycles. The molecule has 3 rings (SSSR count). The van der Waals surface area contributed by atoms with Crippen LogP contribution in [0, 0.1) is 0 Å². The average molecular weight is 485 g/mol. The van der Waals surface area contributed by atoms with Crippen LogP contribution >= 0.6 is 0 Å². The number of nitrogens with one attached hydrogen (secondary N) is 1. The number of nitrogens with zero attached hydrogens (tertiary/aromatic N) is 1. The first-order chi connectivity index (χ1) is 17.0. The number of methoxy groups -OCH3 is 3. The van der Waals surface area contributed by atoms with E-state index in [9.17, 15) is 9.59 Å². The molecular formula is C27H36N2O6. The number of amides is 2. The van der Waals surface area contributed by atoms with E-state index in [1.807, 2.05) is 31.2 Å². The molecule has 1 fully saturated rings. The van der Waals surface area contributed by atoms with Crippen LogP contribution in [0.15, 0.2) is 42.5 Å². The lowest BCUT2D eigenvalue weighted by Crippen LogP contribution is -2.52. The summed E-state index contributed by atoms with van der Waals surface area (Å²) in [6, 6.07) is 12.2. The second-order valence-corrected chi connectivity index (χ2v) is 8.62. The number of benzene rings is 2. The lowest BCUT2D eigenvalue weighted by Gasteiger charge is -2.31. The molecule has 0 aliphatic heterocycles. The first kappa shape index (κ1) is 26.2. The third-order valence-electron chi connectivity index (χ3n) is 6.29. The molecule has 0 bridgehead atoms. The Hall–Kier alpha value is -3.42. The van der Waals surface area contributed by atoms with Gasteiger partial charge in [-0.1, -0.05) is 31.9 Å². The van der Waals surface area contributed by atoms with Crippen molar-refractivity contribution in [2.45, 2.75) is 57.7 Å². The van der Waals surface area contributed by atoms with Crippen molar-refractivity contribution in [3.8, 4) is 23.0 Å². The highest BCUT2D eigenvalue weighted by atomic mass is 16.5. The van der Waals surface area contributed by atoms with Gasteiger partial charge in [0.15, 0.2) is 6.61 Å². The fourth-order valence-corrected chi connectivity index (χ4v) is 4.31. The van der Waals surface area contributed by atoms with E-state index >= 15 is 0 Å². The lowest BCUT2D eigenvalue weighted by atomic mass is 10.1. The summed E-state index contributed by atoms with van der Waals surface area (Å²) in [5, 5.41) is 3.15. The van der Waals surface area contributed by atoms with Gasteiger partial charge in [-0.25, -0.2) is 0 Å². The Balaban J connectivity index is 1.78. The molecule has 0 saturated heterocycles. The van der Waals surface area contributed by atoms with Crippen molar-refractivity contribution in [2.24, 2.45) is 0 Å². The van der Waals surface area contributed by atoms with Gasteiger partial charge in [0.05, 0.1) is 21.3 Å². The highest BCUT2D eigenvalue weighted by Crippen LogP contribution is 2.27. The summed E-state index contributed by atoms with van der Waals surface area (Å²) in [5.41, 5.74) is 0.898. The normalized spacial score (nSPS) is 14.2. The van der Waals surface area contributed by atoms with E-state index in [1.165, 1.54) is 0 Å². The Morgan fingerprint density at radius 1 is 0.914 bits per heavy atom. The Morgan fingerprint density at radius 3 is 2.03 bits per heavy atom. The van der Waals surface area contributed by atoms with Gasteiger partial charge in [-0.15, -0.1) is 0 Å². The van der Waals surface area contributed by atoms with Crippen LogP contribution in [-0.4, -0.2) is 56.7 Å². The molecule has 0 spiro atoms. The summed E-state index contributed by atoms with van der Waals surface area (Å²) < 4.78 is 21.6. The molecule has 8 nitrogen and oxygen atoms in total. The van der Waals surface area contributed by atoms with Crippen molar-refractivity contribution in [1.82, 2.24) is 10.2 Å². The van der Waals surface area contributed by atoms with Crippen molar-refractivity contribution in [3.63, 3.8) is 0 Å². The van der Waals surface area contributed by atoms with E-state index in [0.717, 1.165) is 37.0 Å². The highest BCUT2D eigenvalue weighted by Gasteiger charge is 2.31. The van der Waals surface area contributed by atoms with Crippen LogP contribution in [0.1, 0.15) is 44.6 Å².